The number of benzene rings is 2. The van der Waals surface area contributed by atoms with Crippen LogP contribution in [0.3, 0.4) is 0 Å². The molecule has 2 N–H and O–H groups in total. The molecule has 0 spiro atoms. The number of ether oxygens (including phenoxy) is 1. The van der Waals surface area contributed by atoms with Gasteiger partial charge in [-0.25, -0.2) is 0 Å². The summed E-state index contributed by atoms with van der Waals surface area (Å²) in [6.45, 7) is 3.22. The normalized spacial score (nSPS) is 17.0. The molecule has 0 saturated carbocycles. The highest BCUT2D eigenvalue weighted by Gasteiger charge is 2.24. The second-order valence-corrected chi connectivity index (χ2v) is 9.20. The Morgan fingerprint density at radius 1 is 1.22 bits per heavy atom. The second kappa shape index (κ2) is 9.18. The minimum atomic E-state index is -0.321. The molecule has 32 heavy (non-hydrogen) atoms. The van der Waals surface area contributed by atoms with Gasteiger partial charge in [0.05, 0.1) is 17.0 Å². The fourth-order valence-corrected chi connectivity index (χ4v) is 4.79. The molecule has 4 aromatic rings. The van der Waals surface area contributed by atoms with Gasteiger partial charge >= 0.3 is 0 Å². The number of rotatable bonds is 7. The largest absolute Gasteiger partial charge is 0.376 e. The van der Waals surface area contributed by atoms with E-state index in [9.17, 15) is 4.79 Å². The molecular weight excluding hydrogens is 422 g/mol. The predicted octanol–water partition coefficient (Wildman–Crippen LogP) is 4.19. The second-order valence-electron chi connectivity index (χ2n) is 7.89. The van der Waals surface area contributed by atoms with Crippen molar-refractivity contribution in [2.24, 2.45) is 0 Å². The number of amides is 1. The van der Waals surface area contributed by atoms with E-state index in [0.717, 1.165) is 41.7 Å². The van der Waals surface area contributed by atoms with Crippen LogP contribution in [-0.2, 0) is 9.53 Å². The van der Waals surface area contributed by atoms with Crippen molar-refractivity contribution in [1.29, 1.82) is 0 Å². The Morgan fingerprint density at radius 3 is 2.81 bits per heavy atom. The zero-order valence-corrected chi connectivity index (χ0v) is 18.6. The summed E-state index contributed by atoms with van der Waals surface area (Å²) >= 11 is 1.40. The fraction of sp³-hybridized carbons (Fsp3) is 0.292. The summed E-state index contributed by atoms with van der Waals surface area (Å²) in [6.07, 6.45) is 2.18. The molecule has 1 aliphatic rings. The maximum Gasteiger partial charge on any atom is 0.233 e. The third kappa shape index (κ3) is 4.28. The summed E-state index contributed by atoms with van der Waals surface area (Å²) in [5, 5.41) is 13.4. The molecule has 1 fully saturated rings. The number of nitrogens with zero attached hydrogens (tertiary/aromatic N) is 3. The van der Waals surface area contributed by atoms with Crippen molar-refractivity contribution in [3.8, 4) is 17.2 Å². The van der Waals surface area contributed by atoms with E-state index in [1.807, 2.05) is 60.0 Å². The Kier molecular flexibility index (Phi) is 5.96. The summed E-state index contributed by atoms with van der Waals surface area (Å²) in [6, 6.07) is 20.2. The smallest absolute Gasteiger partial charge is 0.233 e. The van der Waals surface area contributed by atoms with Crippen LogP contribution in [0.2, 0.25) is 0 Å². The van der Waals surface area contributed by atoms with E-state index in [1.165, 1.54) is 11.8 Å². The van der Waals surface area contributed by atoms with Crippen LogP contribution in [0.15, 0.2) is 65.8 Å². The molecule has 8 heteroatoms. The summed E-state index contributed by atoms with van der Waals surface area (Å²) in [5.74, 6) is 0.683. The number of thioether (sulfide) groups is 1. The van der Waals surface area contributed by atoms with E-state index in [-0.39, 0.29) is 17.3 Å². The number of aromatic amines is 1. The van der Waals surface area contributed by atoms with E-state index in [0.29, 0.717) is 17.5 Å². The Labute approximate surface area is 190 Å². The topological polar surface area (TPSA) is 84.8 Å². The Hall–Kier alpha value is -3.10. The van der Waals surface area contributed by atoms with Crippen LogP contribution in [0.5, 0.6) is 0 Å². The van der Waals surface area contributed by atoms with Crippen molar-refractivity contribution in [2.75, 3.05) is 13.2 Å². The zero-order chi connectivity index (χ0) is 21.9. The lowest BCUT2D eigenvalue weighted by Crippen LogP contribution is -2.36. The first-order valence-electron chi connectivity index (χ1n) is 10.8. The van der Waals surface area contributed by atoms with E-state index in [4.69, 9.17) is 4.74 Å². The lowest BCUT2D eigenvalue weighted by Gasteiger charge is -2.15. The molecule has 0 unspecified atom stereocenters. The Balaban J connectivity index is 1.42. The van der Waals surface area contributed by atoms with E-state index >= 15 is 0 Å². The van der Waals surface area contributed by atoms with Gasteiger partial charge in [0, 0.05) is 29.7 Å². The van der Waals surface area contributed by atoms with Gasteiger partial charge in [0.15, 0.2) is 11.0 Å². The maximum absolute atomic E-state index is 12.7. The van der Waals surface area contributed by atoms with Gasteiger partial charge in [-0.3, -0.25) is 9.36 Å². The number of hydrogen-bond donors (Lipinski definition) is 2. The van der Waals surface area contributed by atoms with E-state index in [1.54, 1.807) is 0 Å². The SMILES string of the molecule is C[C@@H](Sc1nnc(-c2cc3ccccc3[nH]2)n1-c1ccccc1)C(=O)NC[C@@H]1CCCO1. The molecule has 0 radical (unpaired) electrons. The highest BCUT2D eigenvalue weighted by atomic mass is 32.2. The van der Waals surface area contributed by atoms with Gasteiger partial charge in [-0.15, -0.1) is 10.2 Å². The van der Waals surface area contributed by atoms with E-state index in [2.05, 4.69) is 32.6 Å². The minimum absolute atomic E-state index is 0.0275. The van der Waals surface area contributed by atoms with Gasteiger partial charge in [-0.05, 0) is 44.0 Å². The number of carbonyl (C=O) groups excluding carboxylic acids is 1. The van der Waals surface area contributed by atoms with Crippen molar-refractivity contribution < 1.29 is 9.53 Å². The monoisotopic (exact) mass is 447 g/mol. The number of hydrogen-bond acceptors (Lipinski definition) is 5. The molecule has 5 rings (SSSR count). The number of carbonyl (C=O) groups is 1. The van der Waals surface area contributed by atoms with Gasteiger partial charge in [0.2, 0.25) is 5.91 Å². The lowest BCUT2D eigenvalue weighted by atomic mass is 10.2. The molecule has 2 aromatic heterocycles. The quantitative estimate of drug-likeness (QED) is 0.415. The minimum Gasteiger partial charge on any atom is -0.376 e. The summed E-state index contributed by atoms with van der Waals surface area (Å²) in [5.41, 5.74) is 2.87. The van der Waals surface area contributed by atoms with Gasteiger partial charge in [0.25, 0.3) is 0 Å². The van der Waals surface area contributed by atoms with Crippen molar-refractivity contribution in [2.45, 2.75) is 36.3 Å². The summed E-state index contributed by atoms with van der Waals surface area (Å²) in [7, 11) is 0. The molecule has 1 saturated heterocycles. The average Bonchev–Trinajstić information content (AvgIpc) is 3.57. The van der Waals surface area contributed by atoms with Crippen molar-refractivity contribution in [3.63, 3.8) is 0 Å². The highest BCUT2D eigenvalue weighted by molar-refractivity contribution is 8.00. The fourth-order valence-electron chi connectivity index (χ4n) is 3.90. The third-order valence-corrected chi connectivity index (χ3v) is 6.64. The van der Waals surface area contributed by atoms with Crippen LogP contribution >= 0.6 is 11.8 Å². The molecule has 7 nitrogen and oxygen atoms in total. The molecule has 1 amide bonds. The first-order valence-corrected chi connectivity index (χ1v) is 11.7. The summed E-state index contributed by atoms with van der Waals surface area (Å²) < 4.78 is 7.60. The van der Waals surface area contributed by atoms with Gasteiger partial charge in [-0.2, -0.15) is 0 Å². The lowest BCUT2D eigenvalue weighted by molar-refractivity contribution is -0.120. The van der Waals surface area contributed by atoms with Gasteiger partial charge < -0.3 is 15.0 Å². The molecule has 3 heterocycles. The molecule has 2 atom stereocenters. The predicted molar refractivity (Wildman–Crippen MR) is 126 cm³/mol. The van der Waals surface area contributed by atoms with E-state index < -0.39 is 0 Å². The number of para-hydroxylation sites is 2. The third-order valence-electron chi connectivity index (χ3n) is 5.60. The van der Waals surface area contributed by atoms with Crippen LogP contribution in [0.4, 0.5) is 0 Å². The van der Waals surface area contributed by atoms with Crippen molar-refractivity contribution in [1.82, 2.24) is 25.1 Å². The van der Waals surface area contributed by atoms with Crippen LogP contribution < -0.4 is 5.32 Å². The summed E-state index contributed by atoms with van der Waals surface area (Å²) in [4.78, 5) is 16.1. The van der Waals surface area contributed by atoms with Crippen LogP contribution in [-0.4, -0.2) is 50.2 Å². The first-order chi connectivity index (χ1) is 15.7. The van der Waals surface area contributed by atoms with Crippen molar-refractivity contribution >= 4 is 28.6 Å². The number of fused-ring (bicyclic) bond motifs is 1. The molecular formula is C24H25N5O2S. The highest BCUT2D eigenvalue weighted by Crippen LogP contribution is 2.31. The molecule has 0 bridgehead atoms. The van der Waals surface area contributed by atoms with Gasteiger partial charge in [-0.1, -0.05) is 48.2 Å². The number of H-pyrrole nitrogens is 1. The van der Waals surface area contributed by atoms with Crippen molar-refractivity contribution in [3.05, 3.63) is 60.7 Å². The molecule has 1 aliphatic heterocycles. The first kappa shape index (κ1) is 20.8. The molecule has 2 aromatic carbocycles. The average molecular weight is 448 g/mol. The van der Waals surface area contributed by atoms with Crippen LogP contribution in [0.25, 0.3) is 28.1 Å². The number of nitrogens with one attached hydrogen (secondary N) is 2. The Bertz CT molecular complexity index is 1180. The number of aromatic nitrogens is 4. The van der Waals surface area contributed by atoms with Crippen LogP contribution in [0, 0.1) is 0 Å². The standard InChI is InChI=1S/C24H25N5O2S/c1-16(23(30)25-15-19-11-7-13-31-19)32-24-28-27-22(29(24)18-9-3-2-4-10-18)21-14-17-8-5-6-12-20(17)26-21/h2-6,8-10,12,14,16,19,26H,7,11,13,15H2,1H3,(H,25,30)/t16-,19+/m1/s1. The van der Waals surface area contributed by atoms with Gasteiger partial charge in [0.1, 0.15) is 0 Å². The molecule has 164 valence electrons. The Morgan fingerprint density at radius 2 is 2.03 bits per heavy atom. The zero-order valence-electron chi connectivity index (χ0n) is 17.8. The maximum atomic E-state index is 12.7. The van der Waals surface area contributed by atoms with Crippen LogP contribution in [0.1, 0.15) is 19.8 Å². The molecule has 0 aliphatic carbocycles.